The molecule has 4 aromatic rings. The van der Waals surface area contributed by atoms with Gasteiger partial charge in [0.05, 0.1) is 0 Å². The van der Waals surface area contributed by atoms with Crippen molar-refractivity contribution >= 4 is 0 Å². The van der Waals surface area contributed by atoms with Gasteiger partial charge in [-0.05, 0) is 0 Å². The van der Waals surface area contributed by atoms with Gasteiger partial charge in [-0.15, -0.1) is 24.3 Å². The van der Waals surface area contributed by atoms with Crippen molar-refractivity contribution in [3.05, 3.63) is 120 Å². The van der Waals surface area contributed by atoms with Crippen LogP contribution in [-0.4, -0.2) is 0 Å². The Hall–Kier alpha value is -2.44. The summed E-state index contributed by atoms with van der Waals surface area (Å²) < 4.78 is 0. The Bertz CT molecular complexity index is 729. The molecule has 0 saturated heterocycles. The fraction of sp³-hybridized carbons (Fsp3) is 0. The van der Waals surface area contributed by atoms with E-state index in [1.807, 2.05) is 109 Å². The maximum Gasteiger partial charge on any atom is 0 e. The van der Waals surface area contributed by atoms with Crippen molar-refractivity contribution in [3.8, 4) is 23.7 Å². The molecule has 0 nitrogen and oxygen atoms in total. The number of hydrogen-bond acceptors (Lipinski definition) is 0. The van der Waals surface area contributed by atoms with E-state index in [1.54, 1.807) is 0 Å². The van der Waals surface area contributed by atoms with Crippen LogP contribution in [0.2, 0.25) is 0 Å². The molecule has 0 fully saturated rings. The van der Waals surface area contributed by atoms with Crippen molar-refractivity contribution in [2.45, 2.75) is 0 Å². The molecule has 0 amide bonds. The number of rotatable bonds is 0. The standard InChI is InChI=1S/C14H8.2C5H5.2Fe/c1-2-8-13(7-1)11-5-6-12-14-9-3-4-10-14;2*1-2-4-5-3-1;;/h1-4,7-10H;2*1-5H;;/q-2;-5;-1;;. The van der Waals surface area contributed by atoms with Gasteiger partial charge in [-0.3, -0.25) is 0 Å². The predicted molar refractivity (Wildman–Crippen MR) is 102 cm³/mol. The van der Waals surface area contributed by atoms with E-state index >= 15 is 0 Å². The SMILES string of the molecule is C(C#C[c-]1cccc1)#C[c-]1cccc1.[Fe].[Fe].[cH-]1[cH-][cH-][cH-][cH-]1.c1cc[cH-]c1. The van der Waals surface area contributed by atoms with Crippen molar-refractivity contribution in [3.63, 3.8) is 0 Å². The first-order valence-electron chi connectivity index (χ1n) is 7.74. The van der Waals surface area contributed by atoms with Crippen molar-refractivity contribution in [1.29, 1.82) is 0 Å². The quantitative estimate of drug-likeness (QED) is 0.206. The predicted octanol–water partition coefficient (Wildman–Crippen LogP) is 5.33. The summed E-state index contributed by atoms with van der Waals surface area (Å²) >= 11 is 0. The summed E-state index contributed by atoms with van der Waals surface area (Å²) in [5, 5.41) is 0. The zero-order valence-electron chi connectivity index (χ0n) is 14.1. The molecule has 0 radical (unpaired) electrons. The molecule has 0 aliphatic heterocycles. The van der Waals surface area contributed by atoms with E-state index in [0.717, 1.165) is 11.1 Å². The smallest absolute Gasteiger partial charge is 0 e. The van der Waals surface area contributed by atoms with Crippen LogP contribution in [0.25, 0.3) is 0 Å². The van der Waals surface area contributed by atoms with Gasteiger partial charge in [0.15, 0.2) is 0 Å². The third-order valence-corrected chi connectivity index (χ3v) is 2.91. The topological polar surface area (TPSA) is 0 Å². The van der Waals surface area contributed by atoms with E-state index in [4.69, 9.17) is 0 Å². The molecule has 0 aromatic heterocycles. The van der Waals surface area contributed by atoms with Crippen molar-refractivity contribution in [1.82, 2.24) is 0 Å². The van der Waals surface area contributed by atoms with E-state index in [9.17, 15) is 0 Å². The van der Waals surface area contributed by atoms with Crippen LogP contribution in [0.3, 0.4) is 0 Å². The molecular weight excluding hydrogens is 400 g/mol. The first kappa shape index (κ1) is 23.6. The van der Waals surface area contributed by atoms with Crippen molar-refractivity contribution < 1.29 is 34.1 Å². The molecule has 0 unspecified atom stereocenters. The molecule has 0 bridgehead atoms. The van der Waals surface area contributed by atoms with E-state index in [2.05, 4.69) is 23.7 Å². The van der Waals surface area contributed by atoms with Crippen LogP contribution in [0.4, 0.5) is 0 Å². The summed E-state index contributed by atoms with van der Waals surface area (Å²) in [6, 6.07) is 35.7. The fourth-order valence-corrected chi connectivity index (χ4v) is 1.76. The molecule has 0 heterocycles. The van der Waals surface area contributed by atoms with Gasteiger partial charge in [-0.1, -0.05) is 11.1 Å². The molecule has 0 N–H and O–H groups in total. The summed E-state index contributed by atoms with van der Waals surface area (Å²) in [4.78, 5) is 0. The minimum atomic E-state index is 0. The summed E-state index contributed by atoms with van der Waals surface area (Å²) in [5.41, 5.74) is 2.03. The molecule has 138 valence electrons. The molecule has 0 spiro atoms. The Labute approximate surface area is 177 Å². The largest absolute Gasteiger partial charge is 0.748 e. The van der Waals surface area contributed by atoms with Gasteiger partial charge >= 0.3 is 0 Å². The molecule has 2 heteroatoms. The second-order valence-electron chi connectivity index (χ2n) is 4.77. The summed E-state index contributed by atoms with van der Waals surface area (Å²) in [7, 11) is 0. The summed E-state index contributed by atoms with van der Waals surface area (Å²) in [6.07, 6.45) is 0. The van der Waals surface area contributed by atoms with Gasteiger partial charge in [0.2, 0.25) is 0 Å². The molecule has 0 aliphatic rings. The van der Waals surface area contributed by atoms with E-state index in [1.165, 1.54) is 0 Å². The average molecular weight is 418 g/mol. The summed E-state index contributed by atoms with van der Waals surface area (Å²) in [5.74, 6) is 11.6. The van der Waals surface area contributed by atoms with E-state index in [0.29, 0.717) is 0 Å². The first-order valence-corrected chi connectivity index (χ1v) is 7.74. The second-order valence-corrected chi connectivity index (χ2v) is 4.77. The molecule has 0 atom stereocenters. The summed E-state index contributed by atoms with van der Waals surface area (Å²) in [6.45, 7) is 0. The fourth-order valence-electron chi connectivity index (χ4n) is 1.76. The van der Waals surface area contributed by atoms with Gasteiger partial charge in [0.1, 0.15) is 0 Å². The van der Waals surface area contributed by atoms with Gasteiger partial charge in [0, 0.05) is 34.1 Å². The molecular formula is C24H18Fe2-8. The zero-order valence-corrected chi connectivity index (χ0v) is 16.3. The van der Waals surface area contributed by atoms with Gasteiger partial charge in [-0.25, -0.2) is 12.1 Å². The van der Waals surface area contributed by atoms with Crippen LogP contribution in [0.15, 0.2) is 109 Å². The minimum Gasteiger partial charge on any atom is -0.748 e. The Morgan fingerprint density at radius 1 is 0.500 bits per heavy atom. The molecule has 0 saturated carbocycles. The third-order valence-electron chi connectivity index (χ3n) is 2.91. The van der Waals surface area contributed by atoms with Crippen LogP contribution >= 0.6 is 0 Å². The van der Waals surface area contributed by atoms with E-state index in [-0.39, 0.29) is 34.1 Å². The Morgan fingerprint density at radius 3 is 1.12 bits per heavy atom. The minimum absolute atomic E-state index is 0. The van der Waals surface area contributed by atoms with Gasteiger partial charge in [-0.2, -0.15) is 66.1 Å². The Morgan fingerprint density at radius 2 is 0.846 bits per heavy atom. The maximum absolute atomic E-state index is 2.96. The normalized spacial score (nSPS) is 7.54. The molecule has 0 aliphatic carbocycles. The van der Waals surface area contributed by atoms with Crippen LogP contribution in [-0.2, 0) is 34.1 Å². The van der Waals surface area contributed by atoms with Gasteiger partial charge < -0.3 is 30.3 Å². The van der Waals surface area contributed by atoms with Crippen LogP contribution in [0.1, 0.15) is 11.1 Å². The second kappa shape index (κ2) is 16.1. The third kappa shape index (κ3) is 11.2. The molecule has 4 rings (SSSR count). The van der Waals surface area contributed by atoms with E-state index < -0.39 is 0 Å². The van der Waals surface area contributed by atoms with Crippen LogP contribution in [0.5, 0.6) is 0 Å². The first-order chi connectivity index (χ1) is 11.9. The van der Waals surface area contributed by atoms with Crippen molar-refractivity contribution in [2.75, 3.05) is 0 Å². The van der Waals surface area contributed by atoms with Crippen LogP contribution in [0, 0.1) is 23.7 Å². The Balaban J connectivity index is 0.000000432. The number of hydrogen-bond donors (Lipinski definition) is 0. The Kier molecular flexibility index (Phi) is 14.5. The maximum atomic E-state index is 2.96. The van der Waals surface area contributed by atoms with Crippen molar-refractivity contribution in [2.24, 2.45) is 0 Å². The molecule has 26 heavy (non-hydrogen) atoms. The zero-order chi connectivity index (χ0) is 16.7. The monoisotopic (exact) mass is 418 g/mol. The van der Waals surface area contributed by atoms with Gasteiger partial charge in [0.25, 0.3) is 0 Å². The van der Waals surface area contributed by atoms with Crippen LogP contribution < -0.4 is 0 Å². The molecule has 4 aromatic carbocycles. The average Bonchev–Trinajstić information content (AvgIpc) is 3.44.